The fourth-order valence-corrected chi connectivity index (χ4v) is 0.889. The number of ether oxygens (including phenoxy) is 1. The quantitative estimate of drug-likeness (QED) is 0.395. The highest BCUT2D eigenvalue weighted by Crippen LogP contribution is 1.97. The van der Waals surface area contributed by atoms with Gasteiger partial charge in [0, 0.05) is 13.0 Å². The first-order chi connectivity index (χ1) is 8.20. The molecule has 4 heteroatoms. The van der Waals surface area contributed by atoms with Gasteiger partial charge < -0.3 is 20.7 Å². The average molecular weight is 235 g/mol. The van der Waals surface area contributed by atoms with E-state index in [4.69, 9.17) is 22.0 Å². The first-order valence-electron chi connectivity index (χ1n) is 5.26. The molecule has 4 N–H and O–H groups in total. The highest BCUT2D eigenvalue weighted by atomic mass is 16.5. The summed E-state index contributed by atoms with van der Waals surface area (Å²) >= 11 is 0. The van der Waals surface area contributed by atoms with E-state index in [-0.39, 0.29) is 19.3 Å². The molecule has 0 aromatic heterocycles. The van der Waals surface area contributed by atoms with Gasteiger partial charge in [0.1, 0.15) is 0 Å². The molecule has 4 nitrogen and oxygen atoms in total. The number of hydrogen-bond acceptors (Lipinski definition) is 4. The Labute approximate surface area is 102 Å². The maximum Gasteiger partial charge on any atom is 0.0671 e. The van der Waals surface area contributed by atoms with E-state index >= 15 is 0 Å². The van der Waals surface area contributed by atoms with Gasteiger partial charge in [-0.3, -0.25) is 0 Å². The lowest BCUT2D eigenvalue weighted by molar-refractivity contribution is 0.0675. The summed E-state index contributed by atoms with van der Waals surface area (Å²) in [5, 5.41) is 18.1. The molecule has 0 spiro atoms. The van der Waals surface area contributed by atoms with Crippen molar-refractivity contribution in [2.24, 2.45) is 5.73 Å². The summed E-state index contributed by atoms with van der Waals surface area (Å²) in [5.41, 5.74) is 5.43. The van der Waals surface area contributed by atoms with Gasteiger partial charge in [0.25, 0.3) is 0 Å². The van der Waals surface area contributed by atoms with Crippen molar-refractivity contribution in [1.82, 2.24) is 0 Å². The zero-order valence-corrected chi connectivity index (χ0v) is 9.65. The Hall–Kier alpha value is -1.48. The van der Waals surface area contributed by atoms with Gasteiger partial charge in [0.15, 0.2) is 0 Å². The number of aliphatic hydroxyl groups excluding tert-OH is 2. The summed E-state index contributed by atoms with van der Waals surface area (Å²) < 4.78 is 5.15. The second kappa shape index (κ2) is 11.0. The van der Waals surface area contributed by atoms with Crippen LogP contribution in [0.2, 0.25) is 0 Å². The molecule has 0 aliphatic carbocycles. The van der Waals surface area contributed by atoms with Crippen LogP contribution in [-0.2, 0) is 4.74 Å². The Bertz CT molecular complexity index is 351. The summed E-state index contributed by atoms with van der Waals surface area (Å²) in [6.45, 7) is 0.553. The Morgan fingerprint density at radius 2 is 2.06 bits per heavy atom. The zero-order valence-electron chi connectivity index (χ0n) is 9.65. The minimum Gasteiger partial charge on any atom is -0.395 e. The number of rotatable bonds is 7. The Kier molecular flexibility index (Phi) is 10.1. The maximum atomic E-state index is 9.48. The minimum atomic E-state index is -0.555. The molecule has 2 atom stereocenters. The minimum absolute atomic E-state index is 0.109. The van der Waals surface area contributed by atoms with Gasteiger partial charge in [-0.05, 0) is 30.1 Å². The van der Waals surface area contributed by atoms with Crippen LogP contribution in [0.4, 0.5) is 0 Å². The second-order valence-electron chi connectivity index (χ2n) is 3.36. The molecule has 0 radical (unpaired) electrons. The highest BCUT2D eigenvalue weighted by molar-refractivity contribution is 5.33. The summed E-state index contributed by atoms with van der Waals surface area (Å²) in [7, 11) is 0. The van der Waals surface area contributed by atoms with Crippen LogP contribution in [-0.4, -0.2) is 42.2 Å². The lowest BCUT2D eigenvalue weighted by Crippen LogP contribution is -2.30. The Morgan fingerprint density at radius 1 is 1.29 bits per heavy atom. The summed E-state index contributed by atoms with van der Waals surface area (Å²) in [4.78, 5) is 0. The van der Waals surface area contributed by atoms with E-state index in [0.29, 0.717) is 19.4 Å². The summed E-state index contributed by atoms with van der Waals surface area (Å²) in [6, 6.07) is -0.369. The van der Waals surface area contributed by atoms with Crippen molar-refractivity contribution in [3.63, 3.8) is 0 Å². The molecule has 0 rings (SSSR count). The Balaban J connectivity index is 3.56. The lowest BCUT2D eigenvalue weighted by atomic mass is 10.2. The van der Waals surface area contributed by atoms with Crippen LogP contribution >= 0.6 is 0 Å². The third-order valence-corrected chi connectivity index (χ3v) is 1.79. The average Bonchev–Trinajstić information content (AvgIpc) is 2.34. The second-order valence-corrected chi connectivity index (χ2v) is 3.36. The van der Waals surface area contributed by atoms with Crippen molar-refractivity contribution in [2.45, 2.75) is 25.0 Å². The molecule has 92 valence electrons. The number of aliphatic hydroxyl groups is 2. The molecule has 0 bridgehead atoms. The SMILES string of the molecule is C#CC#CC#CCC(O)CCOCC(N)CO. The van der Waals surface area contributed by atoms with Crippen LogP contribution in [0.15, 0.2) is 0 Å². The number of terminal acetylenes is 1. The highest BCUT2D eigenvalue weighted by Gasteiger charge is 2.03. The standard InChI is InChI=1S/C13H17NO3/c1-2-3-4-5-6-7-13(16)8-9-17-11-12(14)10-15/h1,12-13,15-16H,7-11,14H2. The normalized spacial score (nSPS) is 12.4. The van der Waals surface area contributed by atoms with Gasteiger partial charge in [0.05, 0.1) is 25.4 Å². The lowest BCUT2D eigenvalue weighted by Gasteiger charge is -2.10. The van der Waals surface area contributed by atoms with E-state index in [1.54, 1.807) is 0 Å². The molecule has 17 heavy (non-hydrogen) atoms. The zero-order chi connectivity index (χ0) is 12.9. The van der Waals surface area contributed by atoms with E-state index in [1.165, 1.54) is 0 Å². The molecule has 0 heterocycles. The van der Waals surface area contributed by atoms with E-state index in [1.807, 2.05) is 0 Å². The van der Waals surface area contributed by atoms with E-state index in [2.05, 4.69) is 29.6 Å². The van der Waals surface area contributed by atoms with Gasteiger partial charge in [-0.15, -0.1) is 6.42 Å². The van der Waals surface area contributed by atoms with Gasteiger partial charge in [-0.1, -0.05) is 5.92 Å². The molecule has 0 fully saturated rings. The molecule has 0 saturated heterocycles. The van der Waals surface area contributed by atoms with Crippen LogP contribution in [0.1, 0.15) is 12.8 Å². The van der Waals surface area contributed by atoms with Crippen molar-refractivity contribution < 1.29 is 14.9 Å². The Morgan fingerprint density at radius 3 is 2.71 bits per heavy atom. The smallest absolute Gasteiger partial charge is 0.0671 e. The monoisotopic (exact) mass is 235 g/mol. The van der Waals surface area contributed by atoms with Gasteiger partial charge in [-0.25, -0.2) is 0 Å². The third-order valence-electron chi connectivity index (χ3n) is 1.79. The largest absolute Gasteiger partial charge is 0.395 e. The predicted octanol–water partition coefficient (Wildman–Crippen LogP) is -0.896. The van der Waals surface area contributed by atoms with Crippen molar-refractivity contribution in [2.75, 3.05) is 19.8 Å². The van der Waals surface area contributed by atoms with Crippen LogP contribution in [0.3, 0.4) is 0 Å². The molecule has 0 aromatic rings. The number of nitrogens with two attached hydrogens (primary N) is 1. The first-order valence-corrected chi connectivity index (χ1v) is 5.26. The van der Waals surface area contributed by atoms with Crippen LogP contribution < -0.4 is 5.73 Å². The topological polar surface area (TPSA) is 75.7 Å². The molecule has 0 aliphatic heterocycles. The van der Waals surface area contributed by atoms with Gasteiger partial charge in [0.2, 0.25) is 0 Å². The van der Waals surface area contributed by atoms with E-state index < -0.39 is 6.10 Å². The molecule has 2 unspecified atom stereocenters. The van der Waals surface area contributed by atoms with E-state index in [0.717, 1.165) is 0 Å². The van der Waals surface area contributed by atoms with Gasteiger partial charge >= 0.3 is 0 Å². The van der Waals surface area contributed by atoms with Crippen molar-refractivity contribution in [3.8, 4) is 36.0 Å². The predicted molar refractivity (Wildman–Crippen MR) is 65.5 cm³/mol. The molecular weight excluding hydrogens is 218 g/mol. The van der Waals surface area contributed by atoms with Crippen molar-refractivity contribution in [1.29, 1.82) is 0 Å². The van der Waals surface area contributed by atoms with Crippen molar-refractivity contribution in [3.05, 3.63) is 0 Å². The fraction of sp³-hybridized carbons (Fsp3) is 0.538. The first kappa shape index (κ1) is 15.5. The fourth-order valence-electron chi connectivity index (χ4n) is 0.889. The summed E-state index contributed by atoms with van der Waals surface area (Å²) in [6.07, 6.45) is 5.14. The van der Waals surface area contributed by atoms with Crippen LogP contribution in [0.25, 0.3) is 0 Å². The van der Waals surface area contributed by atoms with Crippen LogP contribution in [0.5, 0.6) is 0 Å². The molecule has 0 saturated carbocycles. The van der Waals surface area contributed by atoms with E-state index in [9.17, 15) is 5.11 Å². The van der Waals surface area contributed by atoms with Gasteiger partial charge in [-0.2, -0.15) is 0 Å². The van der Waals surface area contributed by atoms with Crippen LogP contribution in [0, 0.1) is 36.0 Å². The molecule has 0 aliphatic rings. The summed E-state index contributed by atoms with van der Waals surface area (Å²) in [5.74, 6) is 12.2. The third kappa shape index (κ3) is 10.8. The van der Waals surface area contributed by atoms with Crippen molar-refractivity contribution >= 4 is 0 Å². The molecular formula is C13H17NO3. The number of hydrogen-bond donors (Lipinski definition) is 3. The molecule has 0 aromatic carbocycles. The molecule has 0 amide bonds. The maximum absolute atomic E-state index is 9.48.